The van der Waals surface area contributed by atoms with Gasteiger partial charge in [-0.2, -0.15) is 0 Å². The van der Waals surface area contributed by atoms with Crippen molar-refractivity contribution in [1.29, 1.82) is 0 Å². The van der Waals surface area contributed by atoms with Crippen LogP contribution in [0.4, 0.5) is 15.8 Å². The number of piperidine rings is 1. The fourth-order valence-corrected chi connectivity index (χ4v) is 2.51. The highest BCUT2D eigenvalue weighted by atomic mass is 19.1. The molecule has 5 heteroatoms. The molecular formula is C15H22FN3O. The molecule has 1 aliphatic rings. The molecule has 20 heavy (non-hydrogen) atoms. The van der Waals surface area contributed by atoms with Crippen molar-refractivity contribution < 1.29 is 9.18 Å². The van der Waals surface area contributed by atoms with E-state index in [0.29, 0.717) is 12.1 Å². The fraction of sp³-hybridized carbons (Fsp3) is 0.533. The van der Waals surface area contributed by atoms with Gasteiger partial charge in [-0.3, -0.25) is 4.79 Å². The van der Waals surface area contributed by atoms with E-state index in [0.717, 1.165) is 26.1 Å². The zero-order valence-electron chi connectivity index (χ0n) is 11.7. The minimum atomic E-state index is -0.398. The molecule has 1 saturated heterocycles. The zero-order chi connectivity index (χ0) is 14.4. The Balaban J connectivity index is 1.72. The summed E-state index contributed by atoms with van der Waals surface area (Å²) in [5.74, 6) is -0.467. The Bertz CT molecular complexity index is 458. The van der Waals surface area contributed by atoms with Gasteiger partial charge in [-0.25, -0.2) is 4.39 Å². The lowest BCUT2D eigenvalue weighted by atomic mass is 10.1. The van der Waals surface area contributed by atoms with Crippen LogP contribution in [0.3, 0.4) is 0 Å². The van der Waals surface area contributed by atoms with E-state index in [1.807, 2.05) is 0 Å². The molecule has 0 aliphatic carbocycles. The monoisotopic (exact) mass is 279 g/mol. The van der Waals surface area contributed by atoms with Crippen molar-refractivity contribution in [2.75, 3.05) is 30.7 Å². The number of amides is 1. The van der Waals surface area contributed by atoms with Crippen molar-refractivity contribution in [1.82, 2.24) is 4.90 Å². The number of hydrogen-bond donors (Lipinski definition) is 2. The van der Waals surface area contributed by atoms with Crippen LogP contribution < -0.4 is 11.1 Å². The normalized spacial score (nSPS) is 16.1. The first kappa shape index (κ1) is 14.8. The van der Waals surface area contributed by atoms with Gasteiger partial charge < -0.3 is 16.0 Å². The Labute approximate surface area is 119 Å². The molecule has 0 aromatic heterocycles. The number of anilines is 2. The SMILES string of the molecule is Nc1cc(F)ccc1NC(=O)CCCN1CCCCC1. The van der Waals surface area contributed by atoms with Crippen LogP contribution in [0.5, 0.6) is 0 Å². The third kappa shape index (κ3) is 4.49. The summed E-state index contributed by atoms with van der Waals surface area (Å²) in [5, 5.41) is 2.73. The van der Waals surface area contributed by atoms with Crippen LogP contribution in [0, 0.1) is 5.82 Å². The number of nitrogen functional groups attached to an aromatic ring is 1. The van der Waals surface area contributed by atoms with Gasteiger partial charge in [-0.15, -0.1) is 0 Å². The molecule has 3 N–H and O–H groups in total. The molecule has 4 nitrogen and oxygen atoms in total. The summed E-state index contributed by atoms with van der Waals surface area (Å²) in [6, 6.07) is 4.00. The number of rotatable bonds is 5. The van der Waals surface area contributed by atoms with E-state index in [4.69, 9.17) is 5.73 Å². The van der Waals surface area contributed by atoms with Crippen molar-refractivity contribution in [3.63, 3.8) is 0 Å². The molecule has 1 heterocycles. The van der Waals surface area contributed by atoms with Crippen molar-refractivity contribution in [3.05, 3.63) is 24.0 Å². The first-order valence-corrected chi connectivity index (χ1v) is 7.22. The van der Waals surface area contributed by atoms with E-state index >= 15 is 0 Å². The Kier molecular flexibility index (Phi) is 5.35. The molecule has 1 aromatic rings. The maximum Gasteiger partial charge on any atom is 0.224 e. The van der Waals surface area contributed by atoms with E-state index in [2.05, 4.69) is 10.2 Å². The van der Waals surface area contributed by atoms with Gasteiger partial charge in [0.1, 0.15) is 5.82 Å². The Morgan fingerprint density at radius 2 is 2.05 bits per heavy atom. The van der Waals surface area contributed by atoms with Crippen LogP contribution in [-0.2, 0) is 4.79 Å². The summed E-state index contributed by atoms with van der Waals surface area (Å²) in [6.45, 7) is 3.26. The van der Waals surface area contributed by atoms with Crippen LogP contribution in [0.1, 0.15) is 32.1 Å². The maximum absolute atomic E-state index is 12.9. The minimum Gasteiger partial charge on any atom is -0.397 e. The number of carbonyl (C=O) groups is 1. The minimum absolute atomic E-state index is 0.0692. The fourth-order valence-electron chi connectivity index (χ4n) is 2.51. The topological polar surface area (TPSA) is 58.4 Å². The van der Waals surface area contributed by atoms with Gasteiger partial charge in [0, 0.05) is 6.42 Å². The lowest BCUT2D eigenvalue weighted by Gasteiger charge is -2.26. The van der Waals surface area contributed by atoms with Gasteiger partial charge in [0.25, 0.3) is 0 Å². The highest BCUT2D eigenvalue weighted by molar-refractivity contribution is 5.93. The number of nitrogens with two attached hydrogens (primary N) is 1. The summed E-state index contributed by atoms with van der Waals surface area (Å²) >= 11 is 0. The molecule has 0 unspecified atom stereocenters. The predicted octanol–water partition coefficient (Wildman–Crippen LogP) is 2.61. The second-order valence-corrected chi connectivity index (χ2v) is 5.29. The molecule has 1 aliphatic heterocycles. The Morgan fingerprint density at radius 3 is 2.75 bits per heavy atom. The van der Waals surface area contributed by atoms with Gasteiger partial charge in [0.05, 0.1) is 11.4 Å². The van der Waals surface area contributed by atoms with Crippen molar-refractivity contribution in [2.45, 2.75) is 32.1 Å². The Morgan fingerprint density at radius 1 is 1.30 bits per heavy atom. The van der Waals surface area contributed by atoms with Crippen LogP contribution in [0.15, 0.2) is 18.2 Å². The van der Waals surface area contributed by atoms with Crippen LogP contribution in [0.2, 0.25) is 0 Å². The van der Waals surface area contributed by atoms with E-state index in [1.165, 1.54) is 37.5 Å². The van der Waals surface area contributed by atoms with E-state index < -0.39 is 5.82 Å². The average molecular weight is 279 g/mol. The number of nitrogens with zero attached hydrogens (tertiary/aromatic N) is 1. The number of halogens is 1. The summed E-state index contributed by atoms with van der Waals surface area (Å²) in [7, 11) is 0. The van der Waals surface area contributed by atoms with Gasteiger partial charge in [0.15, 0.2) is 0 Å². The molecule has 1 fully saturated rings. The summed E-state index contributed by atoms with van der Waals surface area (Å²) < 4.78 is 12.9. The number of hydrogen-bond acceptors (Lipinski definition) is 3. The largest absolute Gasteiger partial charge is 0.397 e. The Hall–Kier alpha value is -1.62. The molecule has 1 aromatic carbocycles. The predicted molar refractivity (Wildman–Crippen MR) is 79.0 cm³/mol. The van der Waals surface area contributed by atoms with Crippen molar-refractivity contribution in [3.8, 4) is 0 Å². The highest BCUT2D eigenvalue weighted by Gasteiger charge is 2.11. The highest BCUT2D eigenvalue weighted by Crippen LogP contribution is 2.19. The third-order valence-corrected chi connectivity index (χ3v) is 3.61. The number of carbonyl (C=O) groups excluding carboxylic acids is 1. The standard InChI is InChI=1S/C15H22FN3O/c16-12-6-7-14(13(17)11-12)18-15(20)5-4-10-19-8-2-1-3-9-19/h6-7,11H,1-5,8-10,17H2,(H,18,20). The summed E-state index contributed by atoms with van der Waals surface area (Å²) in [6.07, 6.45) is 5.15. The third-order valence-electron chi connectivity index (χ3n) is 3.61. The maximum atomic E-state index is 12.9. The zero-order valence-corrected chi connectivity index (χ0v) is 11.7. The molecular weight excluding hydrogens is 257 g/mol. The molecule has 1 amide bonds. The van der Waals surface area contributed by atoms with Crippen molar-refractivity contribution in [2.24, 2.45) is 0 Å². The van der Waals surface area contributed by atoms with Crippen molar-refractivity contribution >= 4 is 17.3 Å². The second kappa shape index (κ2) is 7.24. The second-order valence-electron chi connectivity index (χ2n) is 5.29. The smallest absolute Gasteiger partial charge is 0.224 e. The van der Waals surface area contributed by atoms with Gasteiger partial charge in [0.2, 0.25) is 5.91 Å². The number of likely N-dealkylation sites (tertiary alicyclic amines) is 1. The summed E-state index contributed by atoms with van der Waals surface area (Å²) in [4.78, 5) is 14.2. The molecule has 0 spiro atoms. The van der Waals surface area contributed by atoms with Gasteiger partial charge in [-0.05, 0) is 57.1 Å². The molecule has 110 valence electrons. The summed E-state index contributed by atoms with van der Waals surface area (Å²) in [5.41, 5.74) is 6.39. The molecule has 0 atom stereocenters. The van der Waals surface area contributed by atoms with Crippen LogP contribution in [-0.4, -0.2) is 30.4 Å². The molecule has 0 radical (unpaired) electrons. The molecule has 0 saturated carbocycles. The first-order valence-electron chi connectivity index (χ1n) is 7.22. The number of benzene rings is 1. The van der Waals surface area contributed by atoms with E-state index in [1.54, 1.807) is 0 Å². The number of nitrogens with one attached hydrogen (secondary N) is 1. The average Bonchev–Trinajstić information content (AvgIpc) is 2.43. The molecule has 2 rings (SSSR count). The van der Waals surface area contributed by atoms with Crippen LogP contribution >= 0.6 is 0 Å². The van der Waals surface area contributed by atoms with Gasteiger partial charge in [-0.1, -0.05) is 6.42 Å². The van der Waals surface area contributed by atoms with E-state index in [-0.39, 0.29) is 11.6 Å². The first-order chi connectivity index (χ1) is 9.65. The van der Waals surface area contributed by atoms with Crippen LogP contribution in [0.25, 0.3) is 0 Å². The molecule has 0 bridgehead atoms. The quantitative estimate of drug-likeness (QED) is 0.815. The van der Waals surface area contributed by atoms with E-state index in [9.17, 15) is 9.18 Å². The lowest BCUT2D eigenvalue weighted by molar-refractivity contribution is -0.116. The lowest BCUT2D eigenvalue weighted by Crippen LogP contribution is -2.31. The van der Waals surface area contributed by atoms with Gasteiger partial charge >= 0.3 is 0 Å².